The second-order valence-corrected chi connectivity index (χ2v) is 16.3. The SMILES string of the molecule is CC[Si](CC)(CC)OC(C)C(NS(=O)(=O)c1c(C)cc(OC)c(C)c1C)C(=O)OCc1ccc2c(c1)OCO2. The van der Waals surface area contributed by atoms with Crippen LogP contribution in [0.1, 0.15) is 49.9 Å². The Morgan fingerprint density at radius 1 is 1.03 bits per heavy atom. The summed E-state index contributed by atoms with van der Waals surface area (Å²) in [4.78, 5) is 13.6. The summed E-state index contributed by atoms with van der Waals surface area (Å²) in [6.45, 7) is 13.3. The molecule has 0 bridgehead atoms. The van der Waals surface area contributed by atoms with E-state index in [4.69, 9.17) is 23.4 Å². The quantitative estimate of drug-likeness (QED) is 0.256. The van der Waals surface area contributed by atoms with Gasteiger partial charge in [0, 0.05) is 0 Å². The molecular formula is C28H41NO8SSi. The predicted molar refractivity (Wildman–Crippen MR) is 151 cm³/mol. The van der Waals surface area contributed by atoms with E-state index in [1.54, 1.807) is 59.1 Å². The molecule has 39 heavy (non-hydrogen) atoms. The van der Waals surface area contributed by atoms with Crippen molar-refractivity contribution in [3.63, 3.8) is 0 Å². The summed E-state index contributed by atoms with van der Waals surface area (Å²) in [6, 6.07) is 8.26. The fourth-order valence-corrected chi connectivity index (χ4v) is 9.65. The Labute approximate surface area is 233 Å². The van der Waals surface area contributed by atoms with Gasteiger partial charge in [0.2, 0.25) is 16.8 Å². The Hall–Kier alpha value is -2.60. The van der Waals surface area contributed by atoms with Gasteiger partial charge in [0.25, 0.3) is 0 Å². The zero-order valence-electron chi connectivity index (χ0n) is 24.2. The van der Waals surface area contributed by atoms with Crippen LogP contribution >= 0.6 is 0 Å². The molecule has 11 heteroatoms. The first-order chi connectivity index (χ1) is 18.4. The van der Waals surface area contributed by atoms with E-state index in [0.717, 1.165) is 18.1 Å². The van der Waals surface area contributed by atoms with Gasteiger partial charge in [0.15, 0.2) is 19.8 Å². The van der Waals surface area contributed by atoms with E-state index >= 15 is 0 Å². The molecule has 9 nitrogen and oxygen atoms in total. The molecule has 0 saturated carbocycles. The van der Waals surface area contributed by atoms with Crippen molar-refractivity contribution in [2.75, 3.05) is 13.9 Å². The number of hydrogen-bond donors (Lipinski definition) is 1. The van der Waals surface area contributed by atoms with Gasteiger partial charge in [-0.3, -0.25) is 4.79 Å². The summed E-state index contributed by atoms with van der Waals surface area (Å²) >= 11 is 0. The van der Waals surface area contributed by atoms with Crippen LogP contribution < -0.4 is 18.9 Å². The number of carbonyl (C=O) groups is 1. The molecule has 2 unspecified atom stereocenters. The van der Waals surface area contributed by atoms with E-state index in [2.05, 4.69) is 25.5 Å². The number of rotatable bonds is 13. The van der Waals surface area contributed by atoms with E-state index in [1.165, 1.54) is 0 Å². The lowest BCUT2D eigenvalue weighted by molar-refractivity contribution is -0.149. The van der Waals surface area contributed by atoms with Gasteiger partial charge in [-0.1, -0.05) is 26.8 Å². The first-order valence-electron chi connectivity index (χ1n) is 13.3. The molecule has 0 aliphatic carbocycles. The second-order valence-electron chi connectivity index (χ2n) is 9.94. The number of esters is 1. The van der Waals surface area contributed by atoms with Crippen molar-refractivity contribution in [2.24, 2.45) is 0 Å². The molecule has 0 saturated heterocycles. The van der Waals surface area contributed by atoms with Crippen LogP contribution in [0.3, 0.4) is 0 Å². The number of hydrogen-bond acceptors (Lipinski definition) is 8. The maximum Gasteiger partial charge on any atom is 0.327 e. The number of aryl methyl sites for hydroxylation is 1. The van der Waals surface area contributed by atoms with Gasteiger partial charge in [-0.05, 0) is 86.3 Å². The highest BCUT2D eigenvalue weighted by atomic mass is 32.2. The highest BCUT2D eigenvalue weighted by Gasteiger charge is 2.39. The van der Waals surface area contributed by atoms with Crippen LogP contribution in [0.25, 0.3) is 0 Å². The zero-order chi connectivity index (χ0) is 29.0. The largest absolute Gasteiger partial charge is 0.496 e. The number of ether oxygens (including phenoxy) is 4. The minimum atomic E-state index is -4.13. The van der Waals surface area contributed by atoms with Crippen molar-refractivity contribution in [1.29, 1.82) is 0 Å². The third-order valence-electron chi connectivity index (χ3n) is 7.66. The zero-order valence-corrected chi connectivity index (χ0v) is 26.0. The number of methoxy groups -OCH3 is 1. The van der Waals surface area contributed by atoms with Crippen LogP contribution in [-0.2, 0) is 30.6 Å². The molecule has 216 valence electrons. The van der Waals surface area contributed by atoms with E-state index < -0.39 is 36.5 Å². The second kappa shape index (κ2) is 12.7. The third kappa shape index (κ3) is 6.76. The van der Waals surface area contributed by atoms with Gasteiger partial charge in [0.1, 0.15) is 18.4 Å². The summed E-state index contributed by atoms with van der Waals surface area (Å²) in [5.41, 5.74) is 2.48. The molecule has 3 rings (SSSR count). The van der Waals surface area contributed by atoms with Crippen molar-refractivity contribution < 1.29 is 36.6 Å². The maximum absolute atomic E-state index is 13.8. The minimum absolute atomic E-state index is 0.0575. The number of sulfonamides is 1. The van der Waals surface area contributed by atoms with Crippen LogP contribution in [0.2, 0.25) is 18.1 Å². The van der Waals surface area contributed by atoms with E-state index in [9.17, 15) is 13.2 Å². The van der Waals surface area contributed by atoms with Gasteiger partial charge < -0.3 is 23.4 Å². The van der Waals surface area contributed by atoms with E-state index in [0.29, 0.717) is 39.5 Å². The predicted octanol–water partition coefficient (Wildman–Crippen LogP) is 5.15. The van der Waals surface area contributed by atoms with Crippen LogP contribution in [0.15, 0.2) is 29.2 Å². The molecule has 0 radical (unpaired) electrons. The Kier molecular flexibility index (Phi) is 10.1. The van der Waals surface area contributed by atoms with Crippen LogP contribution in [0.4, 0.5) is 0 Å². The normalized spacial score (nSPS) is 14.7. The Morgan fingerprint density at radius 3 is 2.28 bits per heavy atom. The van der Waals surface area contributed by atoms with Gasteiger partial charge in [-0.2, -0.15) is 4.72 Å². The molecule has 2 atom stereocenters. The van der Waals surface area contributed by atoms with Crippen molar-refractivity contribution in [3.8, 4) is 17.2 Å². The van der Waals surface area contributed by atoms with E-state index in [-0.39, 0.29) is 18.3 Å². The van der Waals surface area contributed by atoms with Gasteiger partial charge in [0.05, 0.1) is 18.1 Å². The molecule has 0 fully saturated rings. The van der Waals surface area contributed by atoms with Crippen molar-refractivity contribution in [3.05, 3.63) is 46.5 Å². The minimum Gasteiger partial charge on any atom is -0.496 e. The Balaban J connectivity index is 1.92. The summed E-state index contributed by atoms with van der Waals surface area (Å²) in [5.74, 6) is 1.08. The maximum atomic E-state index is 13.8. The molecule has 0 amide bonds. The average Bonchev–Trinajstić information content (AvgIpc) is 3.39. The molecule has 2 aromatic carbocycles. The van der Waals surface area contributed by atoms with Crippen molar-refractivity contribution in [2.45, 2.75) is 90.2 Å². The van der Waals surface area contributed by atoms with Gasteiger partial charge >= 0.3 is 5.97 Å². The molecular weight excluding hydrogens is 538 g/mol. The highest BCUT2D eigenvalue weighted by Crippen LogP contribution is 2.33. The monoisotopic (exact) mass is 579 g/mol. The first kappa shape index (κ1) is 30.9. The molecule has 1 aliphatic heterocycles. The number of nitrogens with one attached hydrogen (secondary N) is 1. The molecule has 1 aliphatic rings. The molecule has 1 N–H and O–H groups in total. The molecule has 0 spiro atoms. The van der Waals surface area contributed by atoms with E-state index in [1.807, 2.05) is 0 Å². The summed E-state index contributed by atoms with van der Waals surface area (Å²) in [6.07, 6.45) is -0.740. The summed E-state index contributed by atoms with van der Waals surface area (Å²) in [5, 5.41) is 0. The fraction of sp³-hybridized carbons (Fsp3) is 0.536. The lowest BCUT2D eigenvalue weighted by Gasteiger charge is -2.34. The Morgan fingerprint density at radius 2 is 1.67 bits per heavy atom. The lowest BCUT2D eigenvalue weighted by atomic mass is 10.1. The van der Waals surface area contributed by atoms with Crippen LogP contribution in [0, 0.1) is 20.8 Å². The number of fused-ring (bicyclic) bond motifs is 1. The molecule has 1 heterocycles. The fourth-order valence-electron chi connectivity index (χ4n) is 4.95. The standard InChI is InChI=1S/C28H41NO8SSi/c1-9-39(10-2,11-3)37-21(7)26(28(30)34-16-22-12-13-23-25(15-22)36-17-35-23)29-38(31,32)27-18(4)14-24(33-8)19(5)20(27)6/h12-15,21,26,29H,9-11,16-17H2,1-8H3. The highest BCUT2D eigenvalue weighted by molar-refractivity contribution is 7.89. The van der Waals surface area contributed by atoms with Crippen molar-refractivity contribution >= 4 is 24.3 Å². The topological polar surface area (TPSA) is 109 Å². The smallest absolute Gasteiger partial charge is 0.327 e. The number of carbonyl (C=O) groups excluding carboxylic acids is 1. The number of benzene rings is 2. The third-order valence-corrected chi connectivity index (χ3v) is 14.1. The van der Waals surface area contributed by atoms with Crippen LogP contribution in [-0.4, -0.2) is 48.8 Å². The summed E-state index contributed by atoms with van der Waals surface area (Å²) < 4.78 is 58.5. The summed E-state index contributed by atoms with van der Waals surface area (Å²) in [7, 11) is -4.76. The van der Waals surface area contributed by atoms with Gasteiger partial charge in [-0.25, -0.2) is 8.42 Å². The van der Waals surface area contributed by atoms with Gasteiger partial charge in [-0.15, -0.1) is 0 Å². The molecule has 2 aromatic rings. The Bertz CT molecular complexity index is 1280. The average molecular weight is 580 g/mol. The lowest BCUT2D eigenvalue weighted by Crippen LogP contribution is -2.53. The van der Waals surface area contributed by atoms with Crippen LogP contribution in [0.5, 0.6) is 17.2 Å². The first-order valence-corrected chi connectivity index (χ1v) is 17.3. The molecule has 0 aromatic heterocycles. The van der Waals surface area contributed by atoms with Crippen molar-refractivity contribution in [1.82, 2.24) is 4.72 Å².